The summed E-state index contributed by atoms with van der Waals surface area (Å²) >= 11 is 0. The fraction of sp³-hybridized carbons (Fsp3) is 0.286. The van der Waals surface area contributed by atoms with E-state index in [0.717, 1.165) is 17.8 Å². The Bertz CT molecular complexity index is 545. The zero-order valence-electron chi connectivity index (χ0n) is 11.0. The van der Waals surface area contributed by atoms with E-state index in [2.05, 4.69) is 10.3 Å². The first kappa shape index (κ1) is 13.1. The molecule has 0 bridgehead atoms. The lowest BCUT2D eigenvalue weighted by Gasteiger charge is -2.06. The van der Waals surface area contributed by atoms with Crippen molar-refractivity contribution in [3.63, 3.8) is 0 Å². The maximum absolute atomic E-state index is 11.7. The predicted molar refractivity (Wildman–Crippen MR) is 74.5 cm³/mol. The van der Waals surface area contributed by atoms with E-state index in [-0.39, 0.29) is 5.91 Å². The summed E-state index contributed by atoms with van der Waals surface area (Å²) in [6, 6.07) is 7.34. The number of aryl methyl sites for hydroxylation is 1. The topological polar surface area (TPSA) is 72.9 Å². The number of anilines is 1. The molecule has 5 nitrogen and oxygen atoms in total. The van der Waals surface area contributed by atoms with Gasteiger partial charge in [0, 0.05) is 38.1 Å². The molecule has 1 amide bonds. The standard InChI is InChI=1S/C14H18N4O/c1-18-9-8-16-13(18)6-7-17-14(19)10-11-2-4-12(15)5-3-11/h2-5,8-9H,6-7,10,15H2,1H3,(H,17,19). The quantitative estimate of drug-likeness (QED) is 0.783. The van der Waals surface area contributed by atoms with Crippen LogP contribution in [0.5, 0.6) is 0 Å². The summed E-state index contributed by atoms with van der Waals surface area (Å²) < 4.78 is 1.95. The fourth-order valence-electron chi connectivity index (χ4n) is 1.83. The molecule has 0 aliphatic rings. The summed E-state index contributed by atoms with van der Waals surface area (Å²) in [5.74, 6) is 0.978. The van der Waals surface area contributed by atoms with Gasteiger partial charge in [-0.15, -0.1) is 0 Å². The SMILES string of the molecule is Cn1ccnc1CCNC(=O)Cc1ccc(N)cc1. The molecule has 2 rings (SSSR count). The van der Waals surface area contributed by atoms with Gasteiger partial charge in [0.25, 0.3) is 0 Å². The molecule has 1 aromatic carbocycles. The van der Waals surface area contributed by atoms with Gasteiger partial charge in [-0.3, -0.25) is 4.79 Å². The van der Waals surface area contributed by atoms with Crippen LogP contribution in [0.1, 0.15) is 11.4 Å². The van der Waals surface area contributed by atoms with Crippen LogP contribution < -0.4 is 11.1 Å². The summed E-state index contributed by atoms with van der Waals surface area (Å²) in [5, 5.41) is 2.89. The molecule has 0 fully saturated rings. The van der Waals surface area contributed by atoms with E-state index in [0.29, 0.717) is 18.7 Å². The molecule has 3 N–H and O–H groups in total. The van der Waals surface area contributed by atoms with Crippen LogP contribution in [-0.2, 0) is 24.7 Å². The molecule has 0 aliphatic carbocycles. The first-order chi connectivity index (χ1) is 9.15. The minimum absolute atomic E-state index is 0.0129. The minimum atomic E-state index is 0.0129. The molecule has 0 atom stereocenters. The van der Waals surface area contributed by atoms with Gasteiger partial charge in [0.15, 0.2) is 0 Å². The van der Waals surface area contributed by atoms with Crippen LogP contribution in [-0.4, -0.2) is 22.0 Å². The van der Waals surface area contributed by atoms with E-state index < -0.39 is 0 Å². The number of amides is 1. The highest BCUT2D eigenvalue weighted by Gasteiger charge is 2.04. The van der Waals surface area contributed by atoms with Gasteiger partial charge in [-0.1, -0.05) is 12.1 Å². The third-order valence-electron chi connectivity index (χ3n) is 2.94. The number of nitrogens with one attached hydrogen (secondary N) is 1. The number of nitrogen functional groups attached to an aromatic ring is 1. The maximum Gasteiger partial charge on any atom is 0.224 e. The van der Waals surface area contributed by atoms with Gasteiger partial charge in [0.2, 0.25) is 5.91 Å². The Morgan fingerprint density at radius 3 is 2.74 bits per heavy atom. The minimum Gasteiger partial charge on any atom is -0.399 e. The van der Waals surface area contributed by atoms with Crippen molar-refractivity contribution in [3.8, 4) is 0 Å². The summed E-state index contributed by atoms with van der Waals surface area (Å²) in [6.45, 7) is 0.596. The molecule has 2 aromatic rings. The smallest absolute Gasteiger partial charge is 0.224 e. The number of benzene rings is 1. The fourth-order valence-corrected chi connectivity index (χ4v) is 1.83. The van der Waals surface area contributed by atoms with Crippen LogP contribution in [0, 0.1) is 0 Å². The van der Waals surface area contributed by atoms with Crippen LogP contribution in [0.4, 0.5) is 5.69 Å². The largest absolute Gasteiger partial charge is 0.399 e. The molecule has 0 spiro atoms. The van der Waals surface area contributed by atoms with E-state index in [1.807, 2.05) is 29.9 Å². The lowest BCUT2D eigenvalue weighted by molar-refractivity contribution is -0.120. The van der Waals surface area contributed by atoms with Crippen molar-refractivity contribution in [1.82, 2.24) is 14.9 Å². The number of imidazole rings is 1. The van der Waals surface area contributed by atoms with Gasteiger partial charge in [0.05, 0.1) is 6.42 Å². The average Bonchev–Trinajstić information content (AvgIpc) is 2.78. The number of nitrogens with two attached hydrogens (primary N) is 1. The van der Waals surface area contributed by atoms with E-state index in [4.69, 9.17) is 5.73 Å². The van der Waals surface area contributed by atoms with E-state index in [9.17, 15) is 4.79 Å². The molecule has 100 valence electrons. The lowest BCUT2D eigenvalue weighted by atomic mass is 10.1. The van der Waals surface area contributed by atoms with Gasteiger partial charge in [-0.25, -0.2) is 4.98 Å². The van der Waals surface area contributed by atoms with Gasteiger partial charge >= 0.3 is 0 Å². The van der Waals surface area contributed by atoms with Crippen molar-refractivity contribution >= 4 is 11.6 Å². The summed E-state index contributed by atoms with van der Waals surface area (Å²) in [6.07, 6.45) is 4.76. The Morgan fingerprint density at radius 1 is 1.37 bits per heavy atom. The molecule has 0 radical (unpaired) electrons. The molecular weight excluding hydrogens is 240 g/mol. The molecule has 0 saturated carbocycles. The van der Waals surface area contributed by atoms with Gasteiger partial charge in [-0.2, -0.15) is 0 Å². The number of carbonyl (C=O) groups is 1. The Morgan fingerprint density at radius 2 is 2.11 bits per heavy atom. The molecule has 19 heavy (non-hydrogen) atoms. The first-order valence-corrected chi connectivity index (χ1v) is 6.22. The second-order valence-electron chi connectivity index (χ2n) is 4.47. The Kier molecular flexibility index (Phi) is 4.18. The number of hydrogen-bond acceptors (Lipinski definition) is 3. The number of hydrogen-bond donors (Lipinski definition) is 2. The van der Waals surface area contributed by atoms with Crippen molar-refractivity contribution in [1.29, 1.82) is 0 Å². The second-order valence-corrected chi connectivity index (χ2v) is 4.47. The van der Waals surface area contributed by atoms with Crippen molar-refractivity contribution in [2.75, 3.05) is 12.3 Å². The Hall–Kier alpha value is -2.30. The van der Waals surface area contributed by atoms with Gasteiger partial charge in [0.1, 0.15) is 5.82 Å². The van der Waals surface area contributed by atoms with Gasteiger partial charge < -0.3 is 15.6 Å². The average molecular weight is 258 g/mol. The summed E-state index contributed by atoms with van der Waals surface area (Å²) in [4.78, 5) is 15.9. The normalized spacial score (nSPS) is 10.4. The monoisotopic (exact) mass is 258 g/mol. The molecular formula is C14H18N4O. The molecule has 0 aliphatic heterocycles. The number of aromatic nitrogens is 2. The number of carbonyl (C=O) groups excluding carboxylic acids is 1. The third kappa shape index (κ3) is 3.84. The van der Waals surface area contributed by atoms with E-state index in [1.54, 1.807) is 18.3 Å². The Balaban J connectivity index is 1.76. The van der Waals surface area contributed by atoms with Crippen LogP contribution in [0.3, 0.4) is 0 Å². The number of rotatable bonds is 5. The predicted octanol–water partition coefficient (Wildman–Crippen LogP) is 0.904. The number of nitrogens with zero attached hydrogens (tertiary/aromatic N) is 2. The van der Waals surface area contributed by atoms with Crippen molar-refractivity contribution < 1.29 is 4.79 Å². The first-order valence-electron chi connectivity index (χ1n) is 6.22. The molecule has 0 unspecified atom stereocenters. The van der Waals surface area contributed by atoms with Crippen molar-refractivity contribution in [2.24, 2.45) is 7.05 Å². The van der Waals surface area contributed by atoms with Crippen LogP contribution in [0.2, 0.25) is 0 Å². The highest BCUT2D eigenvalue weighted by atomic mass is 16.1. The highest BCUT2D eigenvalue weighted by molar-refractivity contribution is 5.78. The molecule has 5 heteroatoms. The van der Waals surface area contributed by atoms with Crippen molar-refractivity contribution in [3.05, 3.63) is 48.0 Å². The van der Waals surface area contributed by atoms with Gasteiger partial charge in [-0.05, 0) is 17.7 Å². The van der Waals surface area contributed by atoms with Crippen LogP contribution >= 0.6 is 0 Å². The molecule has 0 saturated heterocycles. The Labute approximate surface area is 112 Å². The maximum atomic E-state index is 11.7. The van der Waals surface area contributed by atoms with Crippen LogP contribution in [0.15, 0.2) is 36.7 Å². The molecule has 1 aromatic heterocycles. The zero-order chi connectivity index (χ0) is 13.7. The third-order valence-corrected chi connectivity index (χ3v) is 2.94. The zero-order valence-corrected chi connectivity index (χ0v) is 11.0. The summed E-state index contributed by atoms with van der Waals surface area (Å²) in [5.41, 5.74) is 7.27. The second kappa shape index (κ2) is 6.04. The van der Waals surface area contributed by atoms with Crippen LogP contribution in [0.25, 0.3) is 0 Å². The van der Waals surface area contributed by atoms with E-state index >= 15 is 0 Å². The van der Waals surface area contributed by atoms with Crippen molar-refractivity contribution in [2.45, 2.75) is 12.8 Å². The van der Waals surface area contributed by atoms with E-state index in [1.165, 1.54) is 0 Å². The molecule has 1 heterocycles. The lowest BCUT2D eigenvalue weighted by Crippen LogP contribution is -2.27. The highest BCUT2D eigenvalue weighted by Crippen LogP contribution is 2.05. The summed E-state index contributed by atoms with van der Waals surface area (Å²) in [7, 11) is 1.94.